The molecule has 0 saturated heterocycles. The minimum atomic E-state index is -1.82. The summed E-state index contributed by atoms with van der Waals surface area (Å²) in [4.78, 5) is 9.36. The van der Waals surface area contributed by atoms with Gasteiger partial charge < -0.3 is 9.84 Å². The van der Waals surface area contributed by atoms with Gasteiger partial charge >= 0.3 is 0 Å². The van der Waals surface area contributed by atoms with Crippen LogP contribution >= 0.6 is 0 Å². The Morgan fingerprint density at radius 3 is 2.43 bits per heavy atom. The Morgan fingerprint density at radius 2 is 2.43 bits per heavy atom. The van der Waals surface area contributed by atoms with Gasteiger partial charge in [0.05, 0.1) is 0 Å². The van der Waals surface area contributed by atoms with Crippen molar-refractivity contribution in [2.24, 2.45) is 5.73 Å². The zero-order valence-corrected chi connectivity index (χ0v) is 3.92. The number of aliphatic hydroxyl groups is 1. The van der Waals surface area contributed by atoms with E-state index in [0.29, 0.717) is 0 Å². The molecule has 1 atom stereocenters. The molecule has 0 aromatic rings. The predicted octanol–water partition coefficient (Wildman–Crippen LogP) is -1.22. The van der Waals surface area contributed by atoms with Gasteiger partial charge in [0.25, 0.3) is 12.4 Å². The quantitative estimate of drug-likeness (QED) is 0.341. The molecule has 0 spiro atoms. The minimum absolute atomic E-state index is 0.0833. The first-order valence-electron chi connectivity index (χ1n) is 1.69. The van der Waals surface area contributed by atoms with Crippen LogP contribution < -0.4 is 5.73 Å². The monoisotopic (exact) mass is 105 g/mol. The Kier molecular flexibility index (Phi) is 1.74. The molecule has 0 amide bonds. The van der Waals surface area contributed by atoms with Gasteiger partial charge in [-0.25, -0.2) is 0 Å². The summed E-state index contributed by atoms with van der Waals surface area (Å²) in [5.74, 6) is -1.82. The lowest BCUT2D eigenvalue weighted by Crippen LogP contribution is -2.38. The van der Waals surface area contributed by atoms with Gasteiger partial charge in [-0.05, 0) is 0 Å². The van der Waals surface area contributed by atoms with Crippen LogP contribution in [0.2, 0.25) is 0 Å². The van der Waals surface area contributed by atoms with Crippen LogP contribution in [-0.2, 0) is 9.53 Å². The molecule has 0 aliphatic rings. The third-order valence-corrected chi connectivity index (χ3v) is 0.287. The van der Waals surface area contributed by atoms with E-state index in [-0.39, 0.29) is 6.47 Å². The molecule has 7 heavy (non-hydrogen) atoms. The summed E-state index contributed by atoms with van der Waals surface area (Å²) >= 11 is 0. The van der Waals surface area contributed by atoms with Crippen LogP contribution in [0.4, 0.5) is 0 Å². The van der Waals surface area contributed by atoms with Gasteiger partial charge in [0, 0.05) is 6.92 Å². The molecule has 0 aliphatic heterocycles. The lowest BCUT2D eigenvalue weighted by atomic mass is 10.6. The molecule has 0 aromatic carbocycles. The Balaban J connectivity index is 3.34. The second kappa shape index (κ2) is 1.90. The number of hydrogen-bond donors (Lipinski definition) is 2. The molecular weight excluding hydrogens is 98.0 g/mol. The summed E-state index contributed by atoms with van der Waals surface area (Å²) in [5.41, 5.74) is 4.75. The SMILES string of the molecule is CC(N)(O)OC=O. The first kappa shape index (κ1) is 6.39. The molecular formula is C3H7NO3. The molecule has 4 heteroatoms. The predicted molar refractivity (Wildman–Crippen MR) is 22.0 cm³/mol. The van der Waals surface area contributed by atoms with E-state index >= 15 is 0 Å². The topological polar surface area (TPSA) is 72.6 Å². The summed E-state index contributed by atoms with van der Waals surface area (Å²) in [7, 11) is 0. The second-order valence-electron chi connectivity index (χ2n) is 1.27. The smallest absolute Gasteiger partial charge is 0.296 e. The minimum Gasteiger partial charge on any atom is -0.422 e. The summed E-state index contributed by atoms with van der Waals surface area (Å²) in [6.07, 6.45) is 0. The molecule has 1 unspecified atom stereocenters. The highest BCUT2D eigenvalue weighted by atomic mass is 16.7. The van der Waals surface area contributed by atoms with Crippen molar-refractivity contribution in [2.75, 3.05) is 0 Å². The van der Waals surface area contributed by atoms with Crippen LogP contribution in [0, 0.1) is 0 Å². The number of nitrogens with two attached hydrogens (primary N) is 1. The largest absolute Gasteiger partial charge is 0.422 e. The summed E-state index contributed by atoms with van der Waals surface area (Å²) in [6.45, 7) is 1.24. The van der Waals surface area contributed by atoms with E-state index in [0.717, 1.165) is 6.92 Å². The Morgan fingerprint density at radius 1 is 2.00 bits per heavy atom. The van der Waals surface area contributed by atoms with E-state index in [9.17, 15) is 4.79 Å². The van der Waals surface area contributed by atoms with Crippen molar-refractivity contribution in [3.8, 4) is 0 Å². The molecule has 0 aliphatic carbocycles. The van der Waals surface area contributed by atoms with Crippen molar-refractivity contribution >= 4 is 6.47 Å². The average Bonchev–Trinajstić information content (AvgIpc) is 1.30. The van der Waals surface area contributed by atoms with E-state index in [1.54, 1.807) is 0 Å². The van der Waals surface area contributed by atoms with Gasteiger partial charge in [-0.1, -0.05) is 0 Å². The molecule has 0 aromatic heterocycles. The molecule has 3 N–H and O–H groups in total. The van der Waals surface area contributed by atoms with Crippen LogP contribution in [0.15, 0.2) is 0 Å². The maximum atomic E-state index is 9.36. The summed E-state index contributed by atoms with van der Waals surface area (Å²) in [5, 5.41) is 8.34. The molecule has 0 heterocycles. The Bertz CT molecular complexity index is 65.1. The number of hydrogen-bond acceptors (Lipinski definition) is 4. The van der Waals surface area contributed by atoms with Gasteiger partial charge in [0.15, 0.2) is 0 Å². The van der Waals surface area contributed by atoms with E-state index in [4.69, 9.17) is 10.8 Å². The highest BCUT2D eigenvalue weighted by molar-refractivity contribution is 5.37. The maximum absolute atomic E-state index is 9.36. The standard InChI is InChI=1S/C3H7NO3/c1-3(4,6)7-2-5/h2,6H,4H2,1H3. The van der Waals surface area contributed by atoms with Gasteiger partial charge in [0.1, 0.15) is 0 Å². The maximum Gasteiger partial charge on any atom is 0.296 e. The molecule has 0 rings (SSSR count). The second-order valence-corrected chi connectivity index (χ2v) is 1.27. The number of carbonyl (C=O) groups is 1. The summed E-state index contributed by atoms with van der Waals surface area (Å²) in [6, 6.07) is 0. The van der Waals surface area contributed by atoms with E-state index < -0.39 is 5.91 Å². The lowest BCUT2D eigenvalue weighted by molar-refractivity contribution is -0.184. The molecule has 0 fully saturated rings. The van der Waals surface area contributed by atoms with Crippen LogP contribution in [0.25, 0.3) is 0 Å². The third kappa shape index (κ3) is 5.39. The van der Waals surface area contributed by atoms with E-state index in [1.807, 2.05) is 0 Å². The van der Waals surface area contributed by atoms with Crippen LogP contribution in [0.1, 0.15) is 6.92 Å². The zero-order chi connectivity index (χ0) is 5.91. The van der Waals surface area contributed by atoms with Crippen LogP contribution in [0.3, 0.4) is 0 Å². The normalized spacial score (nSPS) is 17.6. The number of carbonyl (C=O) groups excluding carboxylic acids is 1. The van der Waals surface area contributed by atoms with E-state index in [1.165, 1.54) is 0 Å². The van der Waals surface area contributed by atoms with E-state index in [2.05, 4.69) is 4.74 Å². The van der Waals surface area contributed by atoms with Crippen molar-refractivity contribution in [1.82, 2.24) is 0 Å². The molecule has 4 nitrogen and oxygen atoms in total. The average molecular weight is 105 g/mol. The van der Waals surface area contributed by atoms with Crippen molar-refractivity contribution in [3.63, 3.8) is 0 Å². The molecule has 0 radical (unpaired) electrons. The third-order valence-electron chi connectivity index (χ3n) is 0.287. The van der Waals surface area contributed by atoms with Crippen molar-refractivity contribution < 1.29 is 14.6 Å². The van der Waals surface area contributed by atoms with Gasteiger partial charge in [-0.15, -0.1) is 0 Å². The first-order valence-corrected chi connectivity index (χ1v) is 1.69. The summed E-state index contributed by atoms with van der Waals surface area (Å²) < 4.78 is 3.88. The van der Waals surface area contributed by atoms with Gasteiger partial charge in [-0.3, -0.25) is 10.5 Å². The van der Waals surface area contributed by atoms with Crippen LogP contribution in [-0.4, -0.2) is 17.5 Å². The first-order chi connectivity index (χ1) is 3.06. The fourth-order valence-corrected chi connectivity index (χ4v) is 0.0974. The number of ether oxygens (including phenoxy) is 1. The molecule has 0 bridgehead atoms. The highest BCUT2D eigenvalue weighted by Crippen LogP contribution is 1.88. The lowest BCUT2D eigenvalue weighted by Gasteiger charge is -2.12. The van der Waals surface area contributed by atoms with Crippen LogP contribution in [0.5, 0.6) is 0 Å². The van der Waals surface area contributed by atoms with Gasteiger partial charge in [-0.2, -0.15) is 0 Å². The Hall–Kier alpha value is -0.610. The zero-order valence-electron chi connectivity index (χ0n) is 3.92. The Labute approximate surface area is 40.9 Å². The van der Waals surface area contributed by atoms with Crippen molar-refractivity contribution in [2.45, 2.75) is 12.8 Å². The van der Waals surface area contributed by atoms with Crippen molar-refractivity contribution in [3.05, 3.63) is 0 Å². The van der Waals surface area contributed by atoms with Gasteiger partial charge in [0.2, 0.25) is 0 Å². The molecule has 0 saturated carbocycles. The van der Waals surface area contributed by atoms with Crippen molar-refractivity contribution in [1.29, 1.82) is 0 Å². The fourth-order valence-electron chi connectivity index (χ4n) is 0.0974. The number of rotatable bonds is 2. The fraction of sp³-hybridized carbons (Fsp3) is 0.667. The highest BCUT2D eigenvalue weighted by Gasteiger charge is 2.10. The molecule has 42 valence electrons.